The zero-order valence-corrected chi connectivity index (χ0v) is 19.3. The van der Waals surface area contributed by atoms with Gasteiger partial charge in [0.1, 0.15) is 11.8 Å². The van der Waals surface area contributed by atoms with Gasteiger partial charge >= 0.3 is 0 Å². The van der Waals surface area contributed by atoms with Crippen LogP contribution < -0.4 is 0 Å². The van der Waals surface area contributed by atoms with E-state index < -0.39 is 11.8 Å². The van der Waals surface area contributed by atoms with Crippen LogP contribution in [-0.2, 0) is 4.79 Å². The van der Waals surface area contributed by atoms with Gasteiger partial charge in [-0.05, 0) is 105 Å². The van der Waals surface area contributed by atoms with Gasteiger partial charge in [0, 0.05) is 5.41 Å². The van der Waals surface area contributed by atoms with Crippen molar-refractivity contribution in [3.8, 4) is 0 Å². The minimum atomic E-state index is -1.75. The number of carbonyl (C=O) groups excluding carboxylic acids is 1. The van der Waals surface area contributed by atoms with Crippen molar-refractivity contribution in [1.82, 2.24) is 0 Å². The predicted octanol–water partition coefficient (Wildman–Crippen LogP) is 7.19. The van der Waals surface area contributed by atoms with Crippen LogP contribution in [0.2, 0.25) is 0 Å². The number of halogens is 2. The maximum absolute atomic E-state index is 14.2. The second kappa shape index (κ2) is 7.41. The van der Waals surface area contributed by atoms with Gasteiger partial charge < -0.3 is 0 Å². The van der Waals surface area contributed by atoms with Crippen molar-refractivity contribution >= 4 is 5.78 Å². The third-order valence-corrected chi connectivity index (χ3v) is 9.50. The lowest BCUT2D eigenvalue weighted by Crippen LogP contribution is -2.48. The summed E-state index contributed by atoms with van der Waals surface area (Å²) < 4.78 is 28.1. The Morgan fingerprint density at radius 1 is 1.13 bits per heavy atom. The molecule has 0 N–H and O–H groups in total. The van der Waals surface area contributed by atoms with Crippen LogP contribution in [0.3, 0.4) is 0 Å². The number of allylic oxidation sites excluding steroid dienone is 6. The molecule has 0 bridgehead atoms. The molecular formula is C27H38F2O. The topological polar surface area (TPSA) is 17.1 Å². The van der Waals surface area contributed by atoms with Crippen molar-refractivity contribution in [3.63, 3.8) is 0 Å². The molecule has 4 rings (SSSR count). The van der Waals surface area contributed by atoms with E-state index in [1.54, 1.807) is 6.08 Å². The molecule has 0 aromatic carbocycles. The highest BCUT2D eigenvalue weighted by Crippen LogP contribution is 2.65. The fourth-order valence-electron chi connectivity index (χ4n) is 7.58. The van der Waals surface area contributed by atoms with Gasteiger partial charge in [0.2, 0.25) is 0 Å². The molecule has 4 aliphatic rings. The van der Waals surface area contributed by atoms with E-state index in [0.29, 0.717) is 36.0 Å². The Labute approximate surface area is 181 Å². The van der Waals surface area contributed by atoms with Gasteiger partial charge in [-0.25, -0.2) is 8.78 Å². The molecule has 0 heterocycles. The van der Waals surface area contributed by atoms with Gasteiger partial charge in [-0.15, -0.1) is 0 Å². The van der Waals surface area contributed by atoms with Crippen molar-refractivity contribution in [3.05, 3.63) is 36.0 Å². The molecule has 0 aromatic heterocycles. The van der Waals surface area contributed by atoms with Crippen molar-refractivity contribution in [2.75, 3.05) is 0 Å². The average molecular weight is 417 g/mol. The summed E-state index contributed by atoms with van der Waals surface area (Å²) in [6.07, 6.45) is 14.8. The second-order valence-electron chi connectivity index (χ2n) is 11.6. The Bertz CT molecular complexity index is 787. The number of alkyl halides is 2. The van der Waals surface area contributed by atoms with Gasteiger partial charge in [0.15, 0.2) is 5.78 Å². The van der Waals surface area contributed by atoms with Crippen LogP contribution in [0.25, 0.3) is 0 Å². The van der Waals surface area contributed by atoms with E-state index in [4.69, 9.17) is 0 Å². The third-order valence-electron chi connectivity index (χ3n) is 9.50. The van der Waals surface area contributed by atoms with Crippen molar-refractivity contribution in [1.29, 1.82) is 0 Å². The summed E-state index contributed by atoms with van der Waals surface area (Å²) in [6.45, 7) is 9.73. The van der Waals surface area contributed by atoms with Crippen LogP contribution in [0.4, 0.5) is 8.78 Å². The van der Waals surface area contributed by atoms with Crippen LogP contribution in [0.1, 0.15) is 73.1 Å². The smallest absolute Gasteiger partial charge is 0.178 e. The number of carbonyl (C=O) groups is 1. The zero-order chi connectivity index (χ0) is 21.9. The lowest BCUT2D eigenvalue weighted by Gasteiger charge is -2.55. The lowest BCUT2D eigenvalue weighted by atomic mass is 9.49. The number of ketones is 1. The summed E-state index contributed by atoms with van der Waals surface area (Å²) in [5, 5.41) is 0. The second-order valence-corrected chi connectivity index (χ2v) is 11.6. The molecule has 2 saturated carbocycles. The quantitative estimate of drug-likeness (QED) is 0.463. The Morgan fingerprint density at radius 2 is 1.87 bits per heavy atom. The minimum absolute atomic E-state index is 0.0352. The molecule has 4 aliphatic carbocycles. The lowest BCUT2D eigenvalue weighted by molar-refractivity contribution is -0.110. The SMILES string of the molecule is C[C@H](CCC(F)C(C)(C)F)[C@H]1CC[C@H]2[C@@H]3C=CC4=CC(=O)C=C[C@]4(C)[C@H]3CC[C@]12C. The molecule has 166 valence electrons. The molecule has 0 aromatic rings. The fraction of sp³-hybridized carbons (Fsp3) is 0.741. The highest BCUT2D eigenvalue weighted by atomic mass is 19.2. The minimum Gasteiger partial charge on any atom is -0.290 e. The first-order chi connectivity index (χ1) is 14.0. The van der Waals surface area contributed by atoms with Gasteiger partial charge in [0.25, 0.3) is 0 Å². The van der Waals surface area contributed by atoms with Gasteiger partial charge in [0.05, 0.1) is 0 Å². The third kappa shape index (κ3) is 3.45. The highest BCUT2D eigenvalue weighted by molar-refractivity contribution is 6.01. The first-order valence-corrected chi connectivity index (χ1v) is 11.9. The molecule has 0 spiro atoms. The summed E-state index contributed by atoms with van der Waals surface area (Å²) in [7, 11) is 0. The number of hydrogen-bond acceptors (Lipinski definition) is 1. The Balaban J connectivity index is 1.51. The van der Waals surface area contributed by atoms with E-state index in [1.807, 2.05) is 6.08 Å². The first kappa shape index (κ1) is 22.0. The van der Waals surface area contributed by atoms with Crippen LogP contribution in [-0.4, -0.2) is 17.6 Å². The van der Waals surface area contributed by atoms with E-state index in [1.165, 1.54) is 45.1 Å². The monoisotopic (exact) mass is 416 g/mol. The molecule has 0 amide bonds. The van der Waals surface area contributed by atoms with Crippen LogP contribution in [0.5, 0.6) is 0 Å². The van der Waals surface area contributed by atoms with E-state index in [2.05, 4.69) is 39.0 Å². The van der Waals surface area contributed by atoms with Crippen LogP contribution >= 0.6 is 0 Å². The molecule has 0 saturated heterocycles. The van der Waals surface area contributed by atoms with Crippen molar-refractivity contribution < 1.29 is 13.6 Å². The predicted molar refractivity (Wildman–Crippen MR) is 118 cm³/mol. The normalized spacial score (nSPS) is 42.2. The average Bonchev–Trinajstić information content (AvgIpc) is 3.03. The highest BCUT2D eigenvalue weighted by Gasteiger charge is 2.58. The Hall–Kier alpha value is -1.25. The van der Waals surface area contributed by atoms with E-state index >= 15 is 0 Å². The summed E-state index contributed by atoms with van der Waals surface area (Å²) in [6, 6.07) is 0. The van der Waals surface area contributed by atoms with E-state index in [9.17, 15) is 13.6 Å². The summed E-state index contributed by atoms with van der Waals surface area (Å²) in [5.74, 6) is 2.84. The maximum Gasteiger partial charge on any atom is 0.178 e. The number of hydrogen-bond donors (Lipinski definition) is 0. The van der Waals surface area contributed by atoms with E-state index in [-0.39, 0.29) is 16.6 Å². The van der Waals surface area contributed by atoms with Crippen LogP contribution in [0.15, 0.2) is 36.0 Å². The zero-order valence-electron chi connectivity index (χ0n) is 19.3. The molecule has 0 radical (unpaired) electrons. The van der Waals surface area contributed by atoms with Gasteiger partial charge in [-0.3, -0.25) is 4.79 Å². The molecule has 1 unspecified atom stereocenters. The number of rotatable bonds is 5. The standard InChI is InChI=1S/C27H38F2O/c1-17(6-11-24(28)25(2,3)29)21-9-10-22-20-8-7-18-16-19(30)12-14-26(18,4)23(20)13-15-27(21,22)5/h7-8,12,14,16-17,20-24H,6,9-11,13,15H2,1-5H3/t17-,20+,21-,22+,23+,24?,26+,27-/m1/s1. The molecule has 1 nitrogen and oxygen atoms in total. The Kier molecular flexibility index (Phi) is 5.43. The molecule has 8 atom stereocenters. The molecular weight excluding hydrogens is 378 g/mol. The molecule has 3 heteroatoms. The summed E-state index contributed by atoms with van der Waals surface area (Å²) >= 11 is 0. The maximum atomic E-state index is 14.2. The summed E-state index contributed by atoms with van der Waals surface area (Å²) in [5.41, 5.74) is -0.339. The van der Waals surface area contributed by atoms with Gasteiger partial charge in [-0.1, -0.05) is 39.0 Å². The van der Waals surface area contributed by atoms with Crippen molar-refractivity contribution in [2.24, 2.45) is 40.4 Å². The largest absolute Gasteiger partial charge is 0.290 e. The molecule has 2 fully saturated rings. The summed E-state index contributed by atoms with van der Waals surface area (Å²) in [4.78, 5) is 11.9. The first-order valence-electron chi connectivity index (χ1n) is 11.9. The van der Waals surface area contributed by atoms with E-state index in [0.717, 1.165) is 6.42 Å². The molecule has 30 heavy (non-hydrogen) atoms. The fourth-order valence-corrected chi connectivity index (χ4v) is 7.58. The van der Waals surface area contributed by atoms with Crippen LogP contribution in [0, 0.1) is 40.4 Å². The van der Waals surface area contributed by atoms with Crippen molar-refractivity contribution in [2.45, 2.75) is 85.0 Å². The molecule has 0 aliphatic heterocycles. The Morgan fingerprint density at radius 3 is 2.57 bits per heavy atom. The van der Waals surface area contributed by atoms with Gasteiger partial charge in [-0.2, -0.15) is 0 Å². The number of fused-ring (bicyclic) bond motifs is 5.